The molecule has 1 heterocycles. The van der Waals surface area contributed by atoms with Gasteiger partial charge in [0.05, 0.1) is 19.9 Å². The Labute approximate surface area is 126 Å². The lowest BCUT2D eigenvalue weighted by atomic mass is 10.1. The quantitative estimate of drug-likeness (QED) is 0.875. The largest absolute Gasteiger partial charge is 0.502 e. The third kappa shape index (κ3) is 2.88. The van der Waals surface area contributed by atoms with Crippen molar-refractivity contribution in [1.29, 1.82) is 0 Å². The maximum absolute atomic E-state index is 11.3. The van der Waals surface area contributed by atoms with Gasteiger partial charge in [-0.3, -0.25) is 0 Å². The molecule has 0 aliphatic heterocycles. The molecule has 2 aromatic rings. The highest BCUT2D eigenvalue weighted by Gasteiger charge is 2.22. The minimum Gasteiger partial charge on any atom is -0.502 e. The molecule has 0 radical (unpaired) electrons. The highest BCUT2D eigenvalue weighted by Crippen LogP contribution is 2.42. The fraction of sp³-hybridized carbons (Fsp3) is 0.200. The van der Waals surface area contributed by atoms with E-state index in [1.807, 2.05) is 0 Å². The molecule has 116 valence electrons. The van der Waals surface area contributed by atoms with Gasteiger partial charge in [-0.25, -0.2) is 4.79 Å². The van der Waals surface area contributed by atoms with Crippen LogP contribution in [0.5, 0.6) is 17.2 Å². The number of rotatable bonds is 5. The molecule has 0 aliphatic rings. The number of methoxy groups -OCH3 is 2. The number of hydrogen-bond acceptors (Lipinski definition) is 6. The molecular formula is C15H15NO6. The zero-order valence-electron chi connectivity index (χ0n) is 12.3. The molecular weight excluding hydrogens is 290 g/mol. The summed E-state index contributed by atoms with van der Waals surface area (Å²) < 4.78 is 15.1. The molecule has 1 aromatic heterocycles. The topological polar surface area (TPSA) is 102 Å². The number of hydrogen-bond donors (Lipinski definition) is 2. The highest BCUT2D eigenvalue weighted by atomic mass is 16.5. The van der Waals surface area contributed by atoms with Gasteiger partial charge in [0.2, 0.25) is 5.75 Å². The van der Waals surface area contributed by atoms with E-state index in [0.29, 0.717) is 11.3 Å². The second-order valence-electron chi connectivity index (χ2n) is 4.44. The Morgan fingerprint density at radius 1 is 1.23 bits per heavy atom. The lowest BCUT2D eigenvalue weighted by molar-refractivity contribution is 0.0692. The van der Waals surface area contributed by atoms with Crippen LogP contribution in [0.25, 0.3) is 12.2 Å². The summed E-state index contributed by atoms with van der Waals surface area (Å²) >= 11 is 0. The number of aromatic hydroxyl groups is 1. The number of aromatic carboxylic acids is 1. The van der Waals surface area contributed by atoms with Crippen molar-refractivity contribution in [2.75, 3.05) is 14.2 Å². The SMILES string of the molecule is COc1c(/C=C/c2cc(C)no2)cc(C(=O)O)c(OC)c1O. The Bertz CT molecular complexity index is 732. The number of benzene rings is 1. The summed E-state index contributed by atoms with van der Waals surface area (Å²) in [6, 6.07) is 3.06. The summed E-state index contributed by atoms with van der Waals surface area (Å²) in [5.74, 6) is -1.16. The average molecular weight is 305 g/mol. The summed E-state index contributed by atoms with van der Waals surface area (Å²) in [7, 11) is 2.64. The van der Waals surface area contributed by atoms with Gasteiger partial charge in [0.15, 0.2) is 17.3 Å². The van der Waals surface area contributed by atoms with Gasteiger partial charge in [0, 0.05) is 11.6 Å². The molecule has 2 N–H and O–H groups in total. The third-order valence-corrected chi connectivity index (χ3v) is 2.95. The summed E-state index contributed by atoms with van der Waals surface area (Å²) in [4.78, 5) is 11.3. The minimum absolute atomic E-state index is 0.106. The predicted octanol–water partition coefficient (Wildman–Crippen LogP) is 2.57. The molecule has 7 nitrogen and oxygen atoms in total. The van der Waals surface area contributed by atoms with Gasteiger partial charge in [0.25, 0.3) is 0 Å². The number of aryl methyl sites for hydroxylation is 1. The van der Waals surface area contributed by atoms with Gasteiger partial charge in [-0.15, -0.1) is 0 Å². The first-order valence-electron chi connectivity index (χ1n) is 6.30. The van der Waals surface area contributed by atoms with Crippen LogP contribution in [-0.4, -0.2) is 35.6 Å². The van der Waals surface area contributed by atoms with Crippen molar-refractivity contribution in [1.82, 2.24) is 5.16 Å². The van der Waals surface area contributed by atoms with Crippen molar-refractivity contribution in [3.8, 4) is 17.2 Å². The zero-order valence-corrected chi connectivity index (χ0v) is 12.3. The van der Waals surface area contributed by atoms with Crippen LogP contribution in [-0.2, 0) is 0 Å². The Balaban J connectivity index is 2.54. The molecule has 22 heavy (non-hydrogen) atoms. The lowest BCUT2D eigenvalue weighted by Crippen LogP contribution is -2.03. The molecule has 0 atom stereocenters. The molecule has 0 unspecified atom stereocenters. The predicted molar refractivity (Wildman–Crippen MR) is 78.3 cm³/mol. The number of phenols is 1. The van der Waals surface area contributed by atoms with Crippen LogP contribution in [0, 0.1) is 6.92 Å². The Morgan fingerprint density at radius 3 is 2.41 bits per heavy atom. The fourth-order valence-electron chi connectivity index (χ4n) is 1.99. The van der Waals surface area contributed by atoms with Gasteiger partial charge in [-0.1, -0.05) is 5.16 Å². The molecule has 0 amide bonds. The number of aromatic nitrogens is 1. The fourth-order valence-corrected chi connectivity index (χ4v) is 1.99. The highest BCUT2D eigenvalue weighted by molar-refractivity contribution is 5.94. The molecule has 1 aromatic carbocycles. The lowest BCUT2D eigenvalue weighted by Gasteiger charge is -2.13. The molecule has 0 spiro atoms. The summed E-state index contributed by atoms with van der Waals surface area (Å²) in [5, 5.41) is 23.1. The van der Waals surface area contributed by atoms with Crippen LogP contribution in [0.1, 0.15) is 27.4 Å². The van der Waals surface area contributed by atoms with Crippen LogP contribution in [0.3, 0.4) is 0 Å². The first-order valence-corrected chi connectivity index (χ1v) is 6.30. The number of carboxylic acids is 1. The number of ether oxygens (including phenoxy) is 2. The molecule has 2 rings (SSSR count). The van der Waals surface area contributed by atoms with E-state index < -0.39 is 5.97 Å². The molecule has 0 saturated carbocycles. The molecule has 0 saturated heterocycles. The van der Waals surface area contributed by atoms with Gasteiger partial charge in [-0.2, -0.15) is 0 Å². The molecule has 7 heteroatoms. The molecule has 0 bridgehead atoms. The van der Waals surface area contributed by atoms with Crippen molar-refractivity contribution in [2.45, 2.75) is 6.92 Å². The third-order valence-electron chi connectivity index (χ3n) is 2.95. The van der Waals surface area contributed by atoms with Crippen LogP contribution in [0.4, 0.5) is 0 Å². The summed E-state index contributed by atoms with van der Waals surface area (Å²) in [6.07, 6.45) is 3.15. The second-order valence-corrected chi connectivity index (χ2v) is 4.44. The first kappa shape index (κ1) is 15.4. The number of nitrogens with zero attached hydrogens (tertiary/aromatic N) is 1. The molecule has 0 fully saturated rings. The first-order chi connectivity index (χ1) is 10.5. The van der Waals surface area contributed by atoms with Gasteiger partial charge < -0.3 is 24.2 Å². The van der Waals surface area contributed by atoms with Crippen molar-refractivity contribution in [3.05, 3.63) is 34.7 Å². The number of carbonyl (C=O) groups is 1. The van der Waals surface area contributed by atoms with E-state index >= 15 is 0 Å². The van der Waals surface area contributed by atoms with Crippen molar-refractivity contribution in [2.24, 2.45) is 0 Å². The number of phenolic OH excluding ortho intramolecular Hbond substituents is 1. The van der Waals surface area contributed by atoms with Gasteiger partial charge in [-0.05, 0) is 25.1 Å². The van der Waals surface area contributed by atoms with Crippen molar-refractivity contribution in [3.63, 3.8) is 0 Å². The average Bonchev–Trinajstić information content (AvgIpc) is 2.90. The van der Waals surface area contributed by atoms with Crippen LogP contribution >= 0.6 is 0 Å². The van der Waals surface area contributed by atoms with E-state index in [4.69, 9.17) is 14.0 Å². The van der Waals surface area contributed by atoms with Crippen LogP contribution in [0.2, 0.25) is 0 Å². The minimum atomic E-state index is -1.22. The van der Waals surface area contributed by atoms with Crippen LogP contribution in [0.15, 0.2) is 16.7 Å². The monoisotopic (exact) mass is 305 g/mol. The molecule has 0 aliphatic carbocycles. The Hall–Kier alpha value is -2.96. The maximum atomic E-state index is 11.3. The van der Waals surface area contributed by atoms with E-state index in [2.05, 4.69) is 5.16 Å². The smallest absolute Gasteiger partial charge is 0.339 e. The van der Waals surface area contributed by atoms with Gasteiger partial charge in [0.1, 0.15) is 5.56 Å². The van der Waals surface area contributed by atoms with E-state index in [-0.39, 0.29) is 22.8 Å². The summed E-state index contributed by atoms with van der Waals surface area (Å²) in [6.45, 7) is 1.78. The van der Waals surface area contributed by atoms with Crippen molar-refractivity contribution >= 4 is 18.1 Å². The van der Waals surface area contributed by atoms with E-state index in [1.165, 1.54) is 20.3 Å². The maximum Gasteiger partial charge on any atom is 0.339 e. The number of carboxylic acid groups (broad SMARTS) is 1. The van der Waals surface area contributed by atoms with E-state index in [0.717, 1.165) is 5.69 Å². The summed E-state index contributed by atoms with van der Waals surface area (Å²) in [5.41, 5.74) is 0.914. The van der Waals surface area contributed by atoms with Crippen molar-refractivity contribution < 1.29 is 29.0 Å². The zero-order chi connectivity index (χ0) is 16.3. The Morgan fingerprint density at radius 2 is 1.91 bits per heavy atom. The normalized spacial score (nSPS) is 10.9. The van der Waals surface area contributed by atoms with E-state index in [1.54, 1.807) is 25.1 Å². The van der Waals surface area contributed by atoms with E-state index in [9.17, 15) is 15.0 Å². The van der Waals surface area contributed by atoms with Gasteiger partial charge >= 0.3 is 5.97 Å². The van der Waals surface area contributed by atoms with Crippen LogP contribution < -0.4 is 9.47 Å². The Kier molecular flexibility index (Phi) is 4.36. The standard InChI is InChI=1S/C15H15NO6/c1-8-6-10(22-16-8)5-4-9-7-11(15(18)19)14(21-3)12(17)13(9)20-2/h4-7,17H,1-3H3,(H,18,19)/b5-4+. The second kappa shape index (κ2) is 6.21.